The highest BCUT2D eigenvalue weighted by molar-refractivity contribution is 5.76. The van der Waals surface area contributed by atoms with Crippen molar-refractivity contribution < 1.29 is 13.9 Å². The molecule has 0 spiro atoms. The van der Waals surface area contributed by atoms with Crippen molar-refractivity contribution in [3.05, 3.63) is 63.6 Å². The number of rotatable bonds is 9. The van der Waals surface area contributed by atoms with Gasteiger partial charge in [0.05, 0.1) is 12.1 Å². The number of fused-ring (bicyclic) bond motifs is 1. The first-order chi connectivity index (χ1) is 14.0. The minimum atomic E-state index is -0.384. The number of nitrogens with zero attached hydrogens (tertiary/aromatic N) is 1. The molecule has 3 aromatic rings. The van der Waals surface area contributed by atoms with Gasteiger partial charge in [-0.3, -0.25) is 9.36 Å². The second-order valence-electron chi connectivity index (χ2n) is 7.35. The average Bonchev–Trinajstić information content (AvgIpc) is 3.00. The predicted molar refractivity (Wildman–Crippen MR) is 113 cm³/mol. The summed E-state index contributed by atoms with van der Waals surface area (Å²) in [7, 11) is 0. The number of oxazole rings is 1. The summed E-state index contributed by atoms with van der Waals surface area (Å²) in [6.45, 7) is 7.77. The number of aromatic nitrogens is 1. The number of ether oxygens (including phenoxy) is 1. The normalized spacial score (nSPS) is 11.0. The highest BCUT2D eigenvalue weighted by atomic mass is 16.5. The molecular formula is C23H28N2O4. The summed E-state index contributed by atoms with van der Waals surface area (Å²) in [6, 6.07) is 11.5. The van der Waals surface area contributed by atoms with E-state index >= 15 is 0 Å². The number of para-hydroxylation sites is 2. The lowest BCUT2D eigenvalue weighted by Crippen LogP contribution is -2.26. The SMILES string of the molecule is Cc1cc(C)c(C)c(OCCCNC(=O)CCCn2c(=O)oc3ccccc32)c1. The zero-order valence-electron chi connectivity index (χ0n) is 17.3. The molecule has 2 aromatic carbocycles. The van der Waals surface area contributed by atoms with Crippen molar-refractivity contribution in [3.8, 4) is 5.75 Å². The van der Waals surface area contributed by atoms with Crippen LogP contribution in [0.1, 0.15) is 36.0 Å². The molecule has 0 aliphatic carbocycles. The lowest BCUT2D eigenvalue weighted by atomic mass is 10.1. The second kappa shape index (κ2) is 9.45. The number of amides is 1. The molecule has 0 saturated heterocycles. The Morgan fingerprint density at radius 1 is 1.14 bits per heavy atom. The maximum atomic E-state index is 12.0. The number of nitrogens with one attached hydrogen (secondary N) is 1. The van der Waals surface area contributed by atoms with Crippen molar-refractivity contribution in [1.29, 1.82) is 0 Å². The molecule has 0 saturated carbocycles. The van der Waals surface area contributed by atoms with Crippen LogP contribution < -0.4 is 15.8 Å². The molecule has 0 unspecified atom stereocenters. The van der Waals surface area contributed by atoms with Crippen LogP contribution in [0, 0.1) is 20.8 Å². The topological polar surface area (TPSA) is 73.5 Å². The second-order valence-corrected chi connectivity index (χ2v) is 7.35. The van der Waals surface area contributed by atoms with E-state index in [0.29, 0.717) is 38.1 Å². The Morgan fingerprint density at radius 3 is 2.76 bits per heavy atom. The Balaban J connectivity index is 1.36. The minimum Gasteiger partial charge on any atom is -0.493 e. The monoisotopic (exact) mass is 396 g/mol. The zero-order chi connectivity index (χ0) is 20.8. The Labute approximate surface area is 170 Å². The lowest BCUT2D eigenvalue weighted by molar-refractivity contribution is -0.121. The van der Waals surface area contributed by atoms with Gasteiger partial charge >= 0.3 is 5.76 Å². The maximum Gasteiger partial charge on any atom is 0.419 e. The highest BCUT2D eigenvalue weighted by Gasteiger charge is 2.09. The molecule has 1 N–H and O–H groups in total. The number of carbonyl (C=O) groups is 1. The summed E-state index contributed by atoms with van der Waals surface area (Å²) in [5.74, 6) is 0.505. The van der Waals surface area contributed by atoms with Crippen LogP contribution >= 0.6 is 0 Å². The number of hydrogen-bond acceptors (Lipinski definition) is 4. The Hall–Kier alpha value is -3.02. The van der Waals surface area contributed by atoms with Crippen molar-refractivity contribution in [2.75, 3.05) is 13.2 Å². The van der Waals surface area contributed by atoms with Gasteiger partial charge < -0.3 is 14.5 Å². The molecular weight excluding hydrogens is 368 g/mol. The summed E-state index contributed by atoms with van der Waals surface area (Å²) in [4.78, 5) is 24.0. The zero-order valence-corrected chi connectivity index (χ0v) is 17.3. The standard InChI is InChI=1S/C23H28N2O4/c1-16-14-17(2)18(3)21(15-16)28-13-7-11-24-22(26)10-6-12-25-19-8-4-5-9-20(19)29-23(25)27/h4-5,8-9,14-15H,6-7,10-13H2,1-3H3,(H,24,26). The fourth-order valence-corrected chi connectivity index (χ4v) is 3.34. The number of hydrogen-bond donors (Lipinski definition) is 1. The fourth-order valence-electron chi connectivity index (χ4n) is 3.34. The molecule has 3 rings (SSSR count). The van der Waals surface area contributed by atoms with Crippen molar-refractivity contribution in [3.63, 3.8) is 0 Å². The molecule has 1 heterocycles. The first-order valence-corrected chi connectivity index (χ1v) is 10.0. The van der Waals surface area contributed by atoms with Gasteiger partial charge in [0, 0.05) is 19.5 Å². The molecule has 0 aliphatic rings. The van der Waals surface area contributed by atoms with E-state index in [0.717, 1.165) is 23.3 Å². The Kier molecular flexibility index (Phi) is 6.75. The number of aryl methyl sites for hydroxylation is 3. The van der Waals surface area contributed by atoms with Crippen molar-refractivity contribution in [1.82, 2.24) is 9.88 Å². The first-order valence-electron chi connectivity index (χ1n) is 10.0. The van der Waals surface area contributed by atoms with Crippen molar-refractivity contribution in [2.24, 2.45) is 0 Å². The quantitative estimate of drug-likeness (QED) is 0.557. The fraction of sp³-hybridized carbons (Fsp3) is 0.391. The van der Waals surface area contributed by atoms with Crippen LogP contribution in [0.2, 0.25) is 0 Å². The summed E-state index contributed by atoms with van der Waals surface area (Å²) >= 11 is 0. The van der Waals surface area contributed by atoms with Crippen LogP contribution in [0.4, 0.5) is 0 Å². The van der Waals surface area contributed by atoms with Crippen molar-refractivity contribution in [2.45, 2.75) is 46.6 Å². The predicted octanol–water partition coefficient (Wildman–Crippen LogP) is 3.89. The molecule has 0 radical (unpaired) electrons. The number of carbonyl (C=O) groups excluding carboxylic acids is 1. The van der Waals surface area contributed by atoms with E-state index in [1.54, 1.807) is 10.6 Å². The van der Waals surface area contributed by atoms with E-state index in [2.05, 4.69) is 32.2 Å². The van der Waals surface area contributed by atoms with Crippen LogP contribution in [0.15, 0.2) is 45.6 Å². The van der Waals surface area contributed by atoms with Gasteiger partial charge in [-0.2, -0.15) is 0 Å². The summed E-state index contributed by atoms with van der Waals surface area (Å²) in [6.07, 6.45) is 1.68. The van der Waals surface area contributed by atoms with E-state index in [9.17, 15) is 9.59 Å². The summed E-state index contributed by atoms with van der Waals surface area (Å²) < 4.78 is 12.6. The third-order valence-corrected chi connectivity index (χ3v) is 5.02. The Bertz CT molecular complexity index is 1050. The largest absolute Gasteiger partial charge is 0.493 e. The maximum absolute atomic E-state index is 12.0. The summed E-state index contributed by atoms with van der Waals surface area (Å²) in [5, 5.41) is 2.91. The van der Waals surface area contributed by atoms with Crippen LogP contribution in [-0.4, -0.2) is 23.6 Å². The van der Waals surface area contributed by atoms with Gasteiger partial charge in [0.15, 0.2) is 5.58 Å². The van der Waals surface area contributed by atoms with Gasteiger partial charge in [0.25, 0.3) is 0 Å². The first kappa shape index (κ1) is 20.7. The van der Waals surface area contributed by atoms with E-state index in [4.69, 9.17) is 9.15 Å². The van der Waals surface area contributed by atoms with Crippen LogP contribution in [0.3, 0.4) is 0 Å². The summed E-state index contributed by atoms with van der Waals surface area (Å²) in [5.41, 5.74) is 4.89. The van der Waals surface area contributed by atoms with Gasteiger partial charge in [-0.1, -0.05) is 18.2 Å². The van der Waals surface area contributed by atoms with E-state index in [1.165, 1.54) is 11.1 Å². The third kappa shape index (κ3) is 5.28. The van der Waals surface area contributed by atoms with E-state index < -0.39 is 0 Å². The van der Waals surface area contributed by atoms with Gasteiger partial charge in [-0.25, -0.2) is 4.79 Å². The van der Waals surface area contributed by atoms with Crippen LogP contribution in [-0.2, 0) is 11.3 Å². The molecule has 154 valence electrons. The number of benzene rings is 2. The molecule has 29 heavy (non-hydrogen) atoms. The van der Waals surface area contributed by atoms with Crippen LogP contribution in [0.25, 0.3) is 11.1 Å². The van der Waals surface area contributed by atoms with Gasteiger partial charge in [0.1, 0.15) is 5.75 Å². The molecule has 0 fully saturated rings. The van der Waals surface area contributed by atoms with Crippen LogP contribution in [0.5, 0.6) is 5.75 Å². The lowest BCUT2D eigenvalue weighted by Gasteiger charge is -2.12. The van der Waals surface area contributed by atoms with Gasteiger partial charge in [-0.05, 0) is 68.5 Å². The van der Waals surface area contributed by atoms with Gasteiger partial charge in [0.2, 0.25) is 5.91 Å². The Morgan fingerprint density at radius 2 is 1.93 bits per heavy atom. The highest BCUT2D eigenvalue weighted by Crippen LogP contribution is 2.23. The smallest absolute Gasteiger partial charge is 0.419 e. The molecule has 0 atom stereocenters. The van der Waals surface area contributed by atoms with E-state index in [1.807, 2.05) is 24.3 Å². The molecule has 0 aliphatic heterocycles. The molecule has 0 bridgehead atoms. The molecule has 1 amide bonds. The third-order valence-electron chi connectivity index (χ3n) is 5.02. The minimum absolute atomic E-state index is 0.0200. The molecule has 1 aromatic heterocycles. The van der Waals surface area contributed by atoms with Gasteiger partial charge in [-0.15, -0.1) is 0 Å². The van der Waals surface area contributed by atoms with Crippen molar-refractivity contribution >= 4 is 17.0 Å². The molecule has 6 heteroatoms. The molecule has 6 nitrogen and oxygen atoms in total. The van der Waals surface area contributed by atoms with E-state index in [-0.39, 0.29) is 11.7 Å². The average molecular weight is 396 g/mol.